The minimum absolute atomic E-state index is 0.710. The fourth-order valence-corrected chi connectivity index (χ4v) is 2.43. The van der Waals surface area contributed by atoms with Gasteiger partial charge < -0.3 is 10.1 Å². The Bertz CT molecular complexity index is 329. The van der Waals surface area contributed by atoms with Gasteiger partial charge in [0.15, 0.2) is 0 Å². The molecule has 1 aliphatic rings. The van der Waals surface area contributed by atoms with Crippen LogP contribution in [0.1, 0.15) is 29.9 Å². The molecule has 1 N–H and O–H groups in total. The van der Waals surface area contributed by atoms with Gasteiger partial charge in [0.1, 0.15) is 5.75 Å². The van der Waals surface area contributed by atoms with E-state index in [0.717, 1.165) is 18.8 Å². The quantitative estimate of drug-likeness (QED) is 0.801. The molecule has 0 amide bonds. The van der Waals surface area contributed by atoms with E-state index in [0.29, 0.717) is 5.92 Å². The van der Waals surface area contributed by atoms with Crippen molar-refractivity contribution in [3.63, 3.8) is 0 Å². The van der Waals surface area contributed by atoms with Gasteiger partial charge in [-0.05, 0) is 56.0 Å². The third-order valence-electron chi connectivity index (χ3n) is 3.32. The van der Waals surface area contributed by atoms with Gasteiger partial charge >= 0.3 is 0 Å². The van der Waals surface area contributed by atoms with Crippen molar-refractivity contribution >= 4 is 0 Å². The molecule has 0 spiro atoms. The molecule has 2 rings (SSSR count). The molecule has 1 aromatic carbocycles. The molecule has 0 atom stereocenters. The van der Waals surface area contributed by atoms with Crippen LogP contribution < -0.4 is 10.1 Å². The van der Waals surface area contributed by atoms with Crippen LogP contribution in [0.25, 0.3) is 0 Å². The van der Waals surface area contributed by atoms with Gasteiger partial charge in [0.05, 0.1) is 7.11 Å². The van der Waals surface area contributed by atoms with E-state index in [9.17, 15) is 0 Å². The number of ether oxygens (including phenoxy) is 1. The number of piperidine rings is 1. The monoisotopic (exact) mass is 205 g/mol. The molecule has 1 fully saturated rings. The van der Waals surface area contributed by atoms with Crippen LogP contribution >= 0.6 is 0 Å². The highest BCUT2D eigenvalue weighted by molar-refractivity contribution is 5.41. The Morgan fingerprint density at radius 3 is 2.67 bits per heavy atom. The van der Waals surface area contributed by atoms with E-state index >= 15 is 0 Å². The molecule has 1 aromatic rings. The number of benzene rings is 1. The summed E-state index contributed by atoms with van der Waals surface area (Å²) < 4.78 is 5.36. The predicted octanol–water partition coefficient (Wildman–Crippen LogP) is 2.47. The smallest absolute Gasteiger partial charge is 0.122 e. The van der Waals surface area contributed by atoms with Gasteiger partial charge in [-0.25, -0.2) is 0 Å². The van der Waals surface area contributed by atoms with Gasteiger partial charge in [-0.2, -0.15) is 0 Å². The predicted molar refractivity (Wildman–Crippen MR) is 62.6 cm³/mol. The first-order valence-electron chi connectivity index (χ1n) is 5.67. The maximum Gasteiger partial charge on any atom is 0.122 e. The molecule has 82 valence electrons. The molecule has 1 aliphatic heterocycles. The number of nitrogens with one attached hydrogen (secondary N) is 1. The lowest BCUT2D eigenvalue weighted by atomic mass is 9.87. The second kappa shape index (κ2) is 4.67. The second-order valence-electron chi connectivity index (χ2n) is 4.20. The van der Waals surface area contributed by atoms with E-state index in [2.05, 4.69) is 24.4 Å². The Kier molecular flexibility index (Phi) is 3.27. The van der Waals surface area contributed by atoms with Crippen molar-refractivity contribution in [1.29, 1.82) is 0 Å². The van der Waals surface area contributed by atoms with Gasteiger partial charge in [-0.3, -0.25) is 0 Å². The summed E-state index contributed by atoms with van der Waals surface area (Å²) in [6.07, 6.45) is 2.49. The maximum absolute atomic E-state index is 5.36. The molecular formula is C13H19NO. The van der Waals surface area contributed by atoms with Crippen LogP contribution in [0, 0.1) is 6.92 Å². The first kappa shape index (κ1) is 10.5. The normalized spacial score (nSPS) is 17.7. The van der Waals surface area contributed by atoms with Crippen LogP contribution in [0.2, 0.25) is 0 Å². The van der Waals surface area contributed by atoms with Crippen LogP contribution in [-0.2, 0) is 0 Å². The summed E-state index contributed by atoms with van der Waals surface area (Å²) in [6, 6.07) is 6.39. The van der Waals surface area contributed by atoms with Gasteiger partial charge in [0.25, 0.3) is 0 Å². The molecule has 2 heteroatoms. The van der Waals surface area contributed by atoms with Crippen molar-refractivity contribution in [2.75, 3.05) is 20.2 Å². The Balaban J connectivity index is 2.26. The minimum atomic E-state index is 0.710. The zero-order valence-electron chi connectivity index (χ0n) is 9.55. The van der Waals surface area contributed by atoms with E-state index in [-0.39, 0.29) is 0 Å². The highest BCUT2D eigenvalue weighted by Gasteiger charge is 2.17. The SMILES string of the molecule is COc1cccc(C2CCNCC2)c1C. The van der Waals surface area contributed by atoms with E-state index in [1.165, 1.54) is 24.0 Å². The molecule has 0 aromatic heterocycles. The standard InChI is InChI=1S/C13H19NO/c1-10-12(4-3-5-13(10)15-2)11-6-8-14-9-7-11/h3-5,11,14H,6-9H2,1-2H3. The van der Waals surface area contributed by atoms with Gasteiger partial charge in [0.2, 0.25) is 0 Å². The average molecular weight is 205 g/mol. The molecule has 0 aliphatic carbocycles. The fraction of sp³-hybridized carbons (Fsp3) is 0.538. The summed E-state index contributed by atoms with van der Waals surface area (Å²) in [5.41, 5.74) is 2.78. The zero-order valence-corrected chi connectivity index (χ0v) is 9.55. The summed E-state index contributed by atoms with van der Waals surface area (Å²) in [5.74, 6) is 1.73. The molecule has 1 heterocycles. The number of methoxy groups -OCH3 is 1. The number of rotatable bonds is 2. The highest BCUT2D eigenvalue weighted by atomic mass is 16.5. The van der Waals surface area contributed by atoms with Crippen molar-refractivity contribution < 1.29 is 4.74 Å². The first-order chi connectivity index (χ1) is 7.33. The summed E-state index contributed by atoms with van der Waals surface area (Å²) in [6.45, 7) is 4.44. The summed E-state index contributed by atoms with van der Waals surface area (Å²) in [5, 5.41) is 3.40. The highest BCUT2D eigenvalue weighted by Crippen LogP contribution is 2.31. The lowest BCUT2D eigenvalue weighted by Crippen LogP contribution is -2.26. The van der Waals surface area contributed by atoms with Crippen molar-refractivity contribution in [2.24, 2.45) is 0 Å². The molecule has 15 heavy (non-hydrogen) atoms. The third-order valence-corrected chi connectivity index (χ3v) is 3.32. The van der Waals surface area contributed by atoms with Crippen molar-refractivity contribution in [3.05, 3.63) is 29.3 Å². The Morgan fingerprint density at radius 2 is 2.00 bits per heavy atom. The maximum atomic E-state index is 5.36. The van der Waals surface area contributed by atoms with Crippen LogP contribution in [0.15, 0.2) is 18.2 Å². The van der Waals surface area contributed by atoms with Crippen molar-refractivity contribution in [3.8, 4) is 5.75 Å². The van der Waals surface area contributed by atoms with Crippen molar-refractivity contribution in [2.45, 2.75) is 25.7 Å². The minimum Gasteiger partial charge on any atom is -0.496 e. The average Bonchev–Trinajstić information content (AvgIpc) is 2.30. The van der Waals surface area contributed by atoms with Crippen LogP contribution in [0.5, 0.6) is 5.75 Å². The Hall–Kier alpha value is -1.02. The molecule has 0 radical (unpaired) electrons. The van der Waals surface area contributed by atoms with E-state index in [4.69, 9.17) is 4.74 Å². The van der Waals surface area contributed by atoms with Crippen molar-refractivity contribution in [1.82, 2.24) is 5.32 Å². The summed E-state index contributed by atoms with van der Waals surface area (Å²) in [4.78, 5) is 0. The second-order valence-corrected chi connectivity index (χ2v) is 4.20. The van der Waals surface area contributed by atoms with Gasteiger partial charge in [-0.1, -0.05) is 12.1 Å². The number of hydrogen-bond donors (Lipinski definition) is 1. The molecular weight excluding hydrogens is 186 g/mol. The zero-order chi connectivity index (χ0) is 10.7. The summed E-state index contributed by atoms with van der Waals surface area (Å²) >= 11 is 0. The number of hydrogen-bond acceptors (Lipinski definition) is 2. The largest absolute Gasteiger partial charge is 0.496 e. The van der Waals surface area contributed by atoms with E-state index < -0.39 is 0 Å². The molecule has 0 unspecified atom stereocenters. The van der Waals surface area contributed by atoms with Crippen LogP contribution in [0.3, 0.4) is 0 Å². The first-order valence-corrected chi connectivity index (χ1v) is 5.67. The van der Waals surface area contributed by atoms with E-state index in [1.807, 2.05) is 6.07 Å². The van der Waals surface area contributed by atoms with Crippen LogP contribution in [0.4, 0.5) is 0 Å². The molecule has 1 saturated heterocycles. The van der Waals surface area contributed by atoms with Gasteiger partial charge in [-0.15, -0.1) is 0 Å². The fourth-order valence-electron chi connectivity index (χ4n) is 2.43. The summed E-state index contributed by atoms with van der Waals surface area (Å²) in [7, 11) is 1.74. The molecule has 0 bridgehead atoms. The Morgan fingerprint density at radius 1 is 1.27 bits per heavy atom. The molecule has 2 nitrogen and oxygen atoms in total. The van der Waals surface area contributed by atoms with Crippen LogP contribution in [-0.4, -0.2) is 20.2 Å². The topological polar surface area (TPSA) is 21.3 Å². The third kappa shape index (κ3) is 2.15. The van der Waals surface area contributed by atoms with E-state index in [1.54, 1.807) is 7.11 Å². The molecule has 0 saturated carbocycles. The Labute approximate surface area is 91.6 Å². The lowest BCUT2D eigenvalue weighted by molar-refractivity contribution is 0.407. The lowest BCUT2D eigenvalue weighted by Gasteiger charge is -2.25. The van der Waals surface area contributed by atoms with Gasteiger partial charge in [0, 0.05) is 0 Å².